The van der Waals surface area contributed by atoms with Crippen LogP contribution >= 0.6 is 0 Å². The van der Waals surface area contributed by atoms with Crippen LogP contribution in [0.1, 0.15) is 49.4 Å². The highest BCUT2D eigenvalue weighted by Gasteiger charge is 2.06. The number of hydrogen-bond donors (Lipinski definition) is 1. The molecule has 0 radical (unpaired) electrons. The molecule has 3 nitrogen and oxygen atoms in total. The maximum atomic E-state index is 5.80. The summed E-state index contributed by atoms with van der Waals surface area (Å²) in [6.07, 6.45) is 1.76. The van der Waals surface area contributed by atoms with E-state index in [-0.39, 0.29) is 6.04 Å². The lowest BCUT2D eigenvalue weighted by Crippen LogP contribution is -2.05. The Morgan fingerprint density at radius 3 is 2.35 bits per heavy atom. The molecule has 0 amide bonds. The minimum Gasteiger partial charge on any atom is -0.439 e. The van der Waals surface area contributed by atoms with Crippen LogP contribution in [0.5, 0.6) is 11.6 Å². The summed E-state index contributed by atoms with van der Waals surface area (Å²) in [4.78, 5) is 4.28. The largest absolute Gasteiger partial charge is 0.439 e. The van der Waals surface area contributed by atoms with Gasteiger partial charge in [0.2, 0.25) is 5.88 Å². The van der Waals surface area contributed by atoms with Gasteiger partial charge < -0.3 is 10.5 Å². The molecule has 2 rings (SSSR count). The van der Waals surface area contributed by atoms with Crippen LogP contribution in [0.2, 0.25) is 0 Å². The number of nitrogens with two attached hydrogens (primary N) is 1. The summed E-state index contributed by atoms with van der Waals surface area (Å²) in [5, 5.41) is 0. The molecule has 0 aliphatic rings. The standard InChI is InChI=1S/C17H22N2O/c1-11(2)16-7-6-15(9-12(16)3)20-17-8-5-14(10-19-17)13(4)18/h5-11,13H,18H2,1-4H3/t13-/m0/s1. The minimum atomic E-state index is -0.0101. The summed E-state index contributed by atoms with van der Waals surface area (Å²) in [6.45, 7) is 8.43. The number of ether oxygens (including phenoxy) is 1. The minimum absolute atomic E-state index is 0.0101. The summed E-state index contributed by atoms with van der Waals surface area (Å²) in [6, 6.07) is 9.95. The molecule has 0 fully saturated rings. The maximum absolute atomic E-state index is 5.80. The Kier molecular flexibility index (Phi) is 4.40. The van der Waals surface area contributed by atoms with Crippen LogP contribution in [0.15, 0.2) is 36.5 Å². The summed E-state index contributed by atoms with van der Waals surface area (Å²) in [5.41, 5.74) is 9.39. The van der Waals surface area contributed by atoms with Crippen LogP contribution in [0.4, 0.5) is 0 Å². The second-order valence-corrected chi connectivity index (χ2v) is 5.49. The van der Waals surface area contributed by atoms with Gasteiger partial charge in [-0.2, -0.15) is 0 Å². The molecule has 0 saturated carbocycles. The van der Waals surface area contributed by atoms with Gasteiger partial charge in [-0.3, -0.25) is 0 Å². The Morgan fingerprint density at radius 1 is 1.10 bits per heavy atom. The molecule has 1 aromatic heterocycles. The van der Waals surface area contributed by atoms with E-state index < -0.39 is 0 Å². The van der Waals surface area contributed by atoms with Crippen molar-refractivity contribution in [1.29, 1.82) is 0 Å². The zero-order chi connectivity index (χ0) is 14.7. The molecule has 2 N–H and O–H groups in total. The van der Waals surface area contributed by atoms with E-state index in [1.165, 1.54) is 11.1 Å². The Balaban J connectivity index is 2.15. The van der Waals surface area contributed by atoms with E-state index in [4.69, 9.17) is 10.5 Å². The van der Waals surface area contributed by atoms with Crippen molar-refractivity contribution in [2.75, 3.05) is 0 Å². The van der Waals surface area contributed by atoms with Crippen molar-refractivity contribution in [3.8, 4) is 11.6 Å². The van der Waals surface area contributed by atoms with Gasteiger partial charge in [-0.05, 0) is 48.6 Å². The summed E-state index contributed by atoms with van der Waals surface area (Å²) in [5.74, 6) is 1.92. The summed E-state index contributed by atoms with van der Waals surface area (Å²) in [7, 11) is 0. The first-order valence-electron chi connectivity index (χ1n) is 6.97. The number of aryl methyl sites for hydroxylation is 1. The first kappa shape index (κ1) is 14.5. The van der Waals surface area contributed by atoms with Gasteiger partial charge in [0.05, 0.1) is 0 Å². The molecule has 0 aliphatic carbocycles. The van der Waals surface area contributed by atoms with E-state index in [9.17, 15) is 0 Å². The van der Waals surface area contributed by atoms with Crippen molar-refractivity contribution >= 4 is 0 Å². The SMILES string of the molecule is Cc1cc(Oc2ccc([C@H](C)N)cn2)ccc1C(C)C. The number of aromatic nitrogens is 1. The Bertz CT molecular complexity index is 574. The Hall–Kier alpha value is -1.87. The third-order valence-corrected chi connectivity index (χ3v) is 3.37. The van der Waals surface area contributed by atoms with Gasteiger partial charge in [0, 0.05) is 18.3 Å². The molecule has 1 heterocycles. The van der Waals surface area contributed by atoms with E-state index in [0.29, 0.717) is 11.8 Å². The van der Waals surface area contributed by atoms with Crippen molar-refractivity contribution in [3.63, 3.8) is 0 Å². The highest BCUT2D eigenvalue weighted by molar-refractivity contribution is 5.38. The highest BCUT2D eigenvalue weighted by Crippen LogP contribution is 2.26. The third kappa shape index (κ3) is 3.36. The van der Waals surface area contributed by atoms with Crippen molar-refractivity contribution in [3.05, 3.63) is 53.2 Å². The average Bonchev–Trinajstić information content (AvgIpc) is 2.39. The van der Waals surface area contributed by atoms with Crippen molar-refractivity contribution in [2.45, 2.75) is 39.7 Å². The van der Waals surface area contributed by atoms with Crippen LogP contribution in [-0.2, 0) is 0 Å². The molecule has 0 saturated heterocycles. The molecule has 0 bridgehead atoms. The number of nitrogens with zero attached hydrogens (tertiary/aromatic N) is 1. The van der Waals surface area contributed by atoms with E-state index in [2.05, 4.69) is 37.9 Å². The number of benzene rings is 1. The zero-order valence-electron chi connectivity index (χ0n) is 12.6. The molecule has 2 aromatic rings. The van der Waals surface area contributed by atoms with Gasteiger partial charge in [0.1, 0.15) is 5.75 Å². The summed E-state index contributed by atoms with van der Waals surface area (Å²) >= 11 is 0. The quantitative estimate of drug-likeness (QED) is 0.899. The molecule has 0 spiro atoms. The second kappa shape index (κ2) is 6.06. The van der Waals surface area contributed by atoms with Crippen molar-refractivity contribution in [2.24, 2.45) is 5.73 Å². The molecule has 1 aromatic carbocycles. The lowest BCUT2D eigenvalue weighted by molar-refractivity contribution is 0.461. The van der Waals surface area contributed by atoms with Gasteiger partial charge in [-0.1, -0.05) is 26.0 Å². The van der Waals surface area contributed by atoms with Crippen LogP contribution in [0, 0.1) is 6.92 Å². The molecular formula is C17H22N2O. The fraction of sp³-hybridized carbons (Fsp3) is 0.353. The van der Waals surface area contributed by atoms with Crippen LogP contribution in [0.25, 0.3) is 0 Å². The third-order valence-electron chi connectivity index (χ3n) is 3.37. The average molecular weight is 270 g/mol. The van der Waals surface area contributed by atoms with E-state index >= 15 is 0 Å². The van der Waals surface area contributed by atoms with E-state index in [1.807, 2.05) is 25.1 Å². The molecule has 0 unspecified atom stereocenters. The number of hydrogen-bond acceptors (Lipinski definition) is 3. The maximum Gasteiger partial charge on any atom is 0.219 e. The van der Waals surface area contributed by atoms with Crippen LogP contribution in [-0.4, -0.2) is 4.98 Å². The zero-order valence-corrected chi connectivity index (χ0v) is 12.6. The predicted octanol–water partition coefficient (Wildman–Crippen LogP) is 4.33. The van der Waals surface area contributed by atoms with Gasteiger partial charge in [0.25, 0.3) is 0 Å². The van der Waals surface area contributed by atoms with Gasteiger partial charge in [0.15, 0.2) is 0 Å². The predicted molar refractivity (Wildman–Crippen MR) is 82.2 cm³/mol. The molecule has 106 valence electrons. The first-order chi connectivity index (χ1) is 9.47. The van der Waals surface area contributed by atoms with Gasteiger partial charge in [-0.15, -0.1) is 0 Å². The number of rotatable bonds is 4. The molecule has 20 heavy (non-hydrogen) atoms. The Morgan fingerprint density at radius 2 is 1.85 bits per heavy atom. The van der Waals surface area contributed by atoms with E-state index in [0.717, 1.165) is 11.3 Å². The lowest BCUT2D eigenvalue weighted by Gasteiger charge is -2.12. The molecule has 3 heteroatoms. The Labute approximate surface area is 120 Å². The smallest absolute Gasteiger partial charge is 0.219 e. The lowest BCUT2D eigenvalue weighted by atomic mass is 9.98. The van der Waals surface area contributed by atoms with Crippen LogP contribution in [0.3, 0.4) is 0 Å². The van der Waals surface area contributed by atoms with Crippen LogP contribution < -0.4 is 10.5 Å². The van der Waals surface area contributed by atoms with Crippen molar-refractivity contribution < 1.29 is 4.74 Å². The summed E-state index contributed by atoms with van der Waals surface area (Å²) < 4.78 is 5.78. The topological polar surface area (TPSA) is 48.1 Å². The first-order valence-corrected chi connectivity index (χ1v) is 6.97. The monoisotopic (exact) mass is 270 g/mol. The molecule has 0 aliphatic heterocycles. The highest BCUT2D eigenvalue weighted by atomic mass is 16.5. The van der Waals surface area contributed by atoms with Gasteiger partial charge in [-0.25, -0.2) is 4.98 Å². The van der Waals surface area contributed by atoms with E-state index in [1.54, 1.807) is 6.20 Å². The second-order valence-electron chi connectivity index (χ2n) is 5.49. The fourth-order valence-electron chi connectivity index (χ4n) is 2.20. The molecule has 1 atom stereocenters. The van der Waals surface area contributed by atoms with Gasteiger partial charge >= 0.3 is 0 Å². The number of pyridine rings is 1. The normalized spacial score (nSPS) is 12.5. The van der Waals surface area contributed by atoms with Crippen molar-refractivity contribution in [1.82, 2.24) is 4.98 Å². The molecular weight excluding hydrogens is 248 g/mol. The fourth-order valence-corrected chi connectivity index (χ4v) is 2.20.